The number of hydrogen-bond donors (Lipinski definition) is 0. The lowest BCUT2D eigenvalue weighted by molar-refractivity contribution is 0.395. The molecular formula is C40H27F3N4O. The van der Waals surface area contributed by atoms with Gasteiger partial charge in [-0.3, -0.25) is 9.88 Å². The zero-order chi connectivity index (χ0) is 32.9. The molecule has 0 aliphatic heterocycles. The van der Waals surface area contributed by atoms with Crippen LogP contribution in [0.5, 0.6) is 11.5 Å². The molecule has 0 amide bonds. The van der Waals surface area contributed by atoms with E-state index in [4.69, 9.17) is 4.74 Å². The summed E-state index contributed by atoms with van der Waals surface area (Å²) in [6, 6.07) is 46.1. The van der Waals surface area contributed by atoms with Crippen LogP contribution in [0, 0.1) is 17.5 Å². The SMILES string of the molecule is Fc1c(Oc2cc(N(c3ccccc3)c3ccccc3)cc(N(c3ccccc3)c3ccccn3)c2)cc(-c2ccccn2)c(F)c1F. The van der Waals surface area contributed by atoms with Crippen LogP contribution in [0.15, 0.2) is 164 Å². The third-order valence-electron chi connectivity index (χ3n) is 7.60. The van der Waals surface area contributed by atoms with Crippen LogP contribution in [-0.4, -0.2) is 9.97 Å². The number of anilines is 6. The summed E-state index contributed by atoms with van der Waals surface area (Å²) in [6.45, 7) is 0. The Kier molecular flexibility index (Phi) is 8.52. The van der Waals surface area contributed by atoms with Crippen LogP contribution in [0.1, 0.15) is 0 Å². The van der Waals surface area contributed by atoms with E-state index in [1.807, 2.05) is 125 Å². The molecule has 0 aliphatic carbocycles. The van der Waals surface area contributed by atoms with Crippen LogP contribution < -0.4 is 14.5 Å². The third-order valence-corrected chi connectivity index (χ3v) is 7.60. The first-order chi connectivity index (χ1) is 23.6. The molecule has 0 saturated carbocycles. The molecule has 0 fully saturated rings. The molecule has 2 aromatic heterocycles. The van der Waals surface area contributed by atoms with Gasteiger partial charge in [-0.25, -0.2) is 13.8 Å². The van der Waals surface area contributed by atoms with Gasteiger partial charge in [-0.15, -0.1) is 0 Å². The van der Waals surface area contributed by atoms with Gasteiger partial charge in [0.05, 0.1) is 17.1 Å². The number of ether oxygens (including phenoxy) is 1. The highest BCUT2D eigenvalue weighted by molar-refractivity contribution is 5.83. The molecule has 7 aromatic rings. The van der Waals surface area contributed by atoms with Crippen molar-refractivity contribution in [3.05, 3.63) is 182 Å². The lowest BCUT2D eigenvalue weighted by Crippen LogP contribution is -2.14. The Labute approximate surface area is 275 Å². The maximum atomic E-state index is 15.4. The highest BCUT2D eigenvalue weighted by atomic mass is 19.2. The average molecular weight is 637 g/mol. The minimum Gasteiger partial charge on any atom is -0.454 e. The molecule has 8 heteroatoms. The van der Waals surface area contributed by atoms with Crippen LogP contribution >= 0.6 is 0 Å². The molecule has 0 spiro atoms. The van der Waals surface area contributed by atoms with Crippen molar-refractivity contribution in [1.82, 2.24) is 9.97 Å². The molecule has 0 saturated heterocycles. The summed E-state index contributed by atoms with van der Waals surface area (Å²) in [5.74, 6) is -4.15. The summed E-state index contributed by atoms with van der Waals surface area (Å²) < 4.78 is 51.7. The van der Waals surface area contributed by atoms with Gasteiger partial charge < -0.3 is 9.64 Å². The van der Waals surface area contributed by atoms with E-state index in [2.05, 4.69) is 9.97 Å². The number of halogens is 3. The van der Waals surface area contributed by atoms with Gasteiger partial charge in [0.15, 0.2) is 17.4 Å². The predicted octanol–water partition coefficient (Wildman–Crippen LogP) is 11.3. The van der Waals surface area contributed by atoms with Gasteiger partial charge in [0.25, 0.3) is 0 Å². The summed E-state index contributed by atoms with van der Waals surface area (Å²) in [5.41, 5.74) is 3.71. The minimum absolute atomic E-state index is 0.137. The van der Waals surface area contributed by atoms with Crippen molar-refractivity contribution in [2.45, 2.75) is 0 Å². The van der Waals surface area contributed by atoms with Crippen molar-refractivity contribution in [3.63, 3.8) is 0 Å². The van der Waals surface area contributed by atoms with Crippen molar-refractivity contribution in [1.29, 1.82) is 0 Å². The molecule has 7 rings (SSSR count). The topological polar surface area (TPSA) is 41.5 Å². The number of para-hydroxylation sites is 3. The van der Waals surface area contributed by atoms with Gasteiger partial charge in [-0.2, -0.15) is 4.39 Å². The Morgan fingerprint density at radius 2 is 0.958 bits per heavy atom. The van der Waals surface area contributed by atoms with E-state index in [1.165, 1.54) is 12.3 Å². The van der Waals surface area contributed by atoms with Crippen molar-refractivity contribution >= 4 is 34.3 Å². The smallest absolute Gasteiger partial charge is 0.204 e. The van der Waals surface area contributed by atoms with Gasteiger partial charge in [0, 0.05) is 47.2 Å². The van der Waals surface area contributed by atoms with Crippen molar-refractivity contribution < 1.29 is 17.9 Å². The van der Waals surface area contributed by atoms with Crippen molar-refractivity contribution in [2.24, 2.45) is 0 Å². The highest BCUT2D eigenvalue weighted by Crippen LogP contribution is 2.44. The predicted molar refractivity (Wildman–Crippen MR) is 183 cm³/mol. The fourth-order valence-corrected chi connectivity index (χ4v) is 5.45. The molecule has 2 heterocycles. The lowest BCUT2D eigenvalue weighted by atomic mass is 10.1. The van der Waals surface area contributed by atoms with Crippen molar-refractivity contribution in [3.8, 4) is 22.8 Å². The summed E-state index contributed by atoms with van der Waals surface area (Å²) in [5, 5.41) is 0. The van der Waals surface area contributed by atoms with E-state index < -0.39 is 23.2 Å². The molecule has 0 bridgehead atoms. The fraction of sp³-hybridized carbons (Fsp3) is 0. The normalized spacial score (nSPS) is 10.8. The Hall–Kier alpha value is -6.41. The van der Waals surface area contributed by atoms with E-state index in [0.717, 1.165) is 23.1 Å². The van der Waals surface area contributed by atoms with Crippen LogP contribution in [0.4, 0.5) is 47.4 Å². The second-order valence-electron chi connectivity index (χ2n) is 10.7. The van der Waals surface area contributed by atoms with Gasteiger partial charge >= 0.3 is 0 Å². The van der Waals surface area contributed by atoms with E-state index in [1.54, 1.807) is 30.5 Å². The average Bonchev–Trinajstić information content (AvgIpc) is 3.14. The van der Waals surface area contributed by atoms with Crippen LogP contribution in [0.25, 0.3) is 11.3 Å². The molecule has 48 heavy (non-hydrogen) atoms. The van der Waals surface area contributed by atoms with E-state index in [9.17, 15) is 0 Å². The molecule has 0 aliphatic rings. The molecule has 5 nitrogen and oxygen atoms in total. The summed E-state index contributed by atoms with van der Waals surface area (Å²) >= 11 is 0. The van der Waals surface area contributed by atoms with Gasteiger partial charge in [-0.05, 0) is 72.8 Å². The summed E-state index contributed by atoms with van der Waals surface area (Å²) in [7, 11) is 0. The molecule has 0 radical (unpaired) electrons. The summed E-state index contributed by atoms with van der Waals surface area (Å²) in [4.78, 5) is 12.7. The Bertz CT molecular complexity index is 1960. The lowest BCUT2D eigenvalue weighted by Gasteiger charge is -2.29. The van der Waals surface area contributed by atoms with Gasteiger partial charge in [-0.1, -0.05) is 66.7 Å². The van der Waals surface area contributed by atoms with Crippen LogP contribution in [0.3, 0.4) is 0 Å². The number of rotatable bonds is 9. The molecular weight excluding hydrogens is 609 g/mol. The summed E-state index contributed by atoms with van der Waals surface area (Å²) in [6.07, 6.45) is 3.15. The second-order valence-corrected chi connectivity index (χ2v) is 10.7. The fourth-order valence-electron chi connectivity index (χ4n) is 5.45. The van der Waals surface area contributed by atoms with E-state index in [-0.39, 0.29) is 17.0 Å². The number of aromatic nitrogens is 2. The maximum absolute atomic E-state index is 15.4. The van der Waals surface area contributed by atoms with Crippen LogP contribution in [0.2, 0.25) is 0 Å². The second kappa shape index (κ2) is 13.5. The Morgan fingerprint density at radius 3 is 1.50 bits per heavy atom. The first-order valence-corrected chi connectivity index (χ1v) is 15.1. The Balaban J connectivity index is 1.45. The molecule has 234 valence electrons. The molecule has 0 unspecified atom stereocenters. The minimum atomic E-state index is -1.65. The standard InChI is InChI=1S/C40H27F3N4O/c41-38-34(35-20-10-12-22-44-35)27-36(39(42)40(38)43)48-33-25-31(46(28-14-4-1-5-15-28)29-16-6-2-7-17-29)24-32(26-33)47(30-18-8-3-9-19-30)37-21-11-13-23-45-37/h1-27H. The highest BCUT2D eigenvalue weighted by Gasteiger charge is 2.24. The maximum Gasteiger partial charge on any atom is 0.204 e. The number of pyridine rings is 2. The first-order valence-electron chi connectivity index (χ1n) is 15.1. The van der Waals surface area contributed by atoms with E-state index >= 15 is 13.2 Å². The van der Waals surface area contributed by atoms with Crippen LogP contribution in [-0.2, 0) is 0 Å². The van der Waals surface area contributed by atoms with Crippen molar-refractivity contribution in [2.75, 3.05) is 9.80 Å². The number of hydrogen-bond acceptors (Lipinski definition) is 5. The quantitative estimate of drug-likeness (QED) is 0.148. The molecule has 0 atom stereocenters. The Morgan fingerprint density at radius 1 is 0.438 bits per heavy atom. The zero-order valence-corrected chi connectivity index (χ0v) is 25.4. The van der Waals surface area contributed by atoms with Gasteiger partial charge in [0.2, 0.25) is 5.82 Å². The first kappa shape index (κ1) is 30.3. The largest absolute Gasteiger partial charge is 0.454 e. The molecule has 0 N–H and O–H groups in total. The number of benzene rings is 5. The van der Waals surface area contributed by atoms with Gasteiger partial charge in [0.1, 0.15) is 11.6 Å². The monoisotopic (exact) mass is 636 g/mol. The molecule has 5 aromatic carbocycles. The number of nitrogens with zero attached hydrogens (tertiary/aromatic N) is 4. The van der Waals surface area contributed by atoms with E-state index in [0.29, 0.717) is 17.2 Å². The third kappa shape index (κ3) is 6.19. The zero-order valence-electron chi connectivity index (χ0n) is 25.4.